The molecule has 14 heavy (non-hydrogen) atoms. The summed E-state index contributed by atoms with van der Waals surface area (Å²) in [5, 5.41) is 6.67. The molecule has 0 saturated heterocycles. The molecule has 2 aromatic heterocycles. The lowest BCUT2D eigenvalue weighted by Crippen LogP contribution is -1.90. The van der Waals surface area contributed by atoms with E-state index in [0.717, 1.165) is 16.8 Å². The van der Waals surface area contributed by atoms with Crippen LogP contribution in [-0.2, 0) is 0 Å². The molecule has 0 bridgehead atoms. The van der Waals surface area contributed by atoms with Crippen molar-refractivity contribution in [2.75, 3.05) is 7.11 Å². The largest absolute Gasteiger partial charge is 0.481 e. The van der Waals surface area contributed by atoms with Crippen LogP contribution < -0.4 is 4.74 Å². The van der Waals surface area contributed by atoms with Crippen LogP contribution in [0.5, 0.6) is 5.88 Å². The van der Waals surface area contributed by atoms with E-state index in [1.54, 1.807) is 13.3 Å². The predicted octanol–water partition coefficient (Wildman–Crippen LogP) is 1.79. The standard InChI is InChI=1S/C10H11N3O/c1-7-3-8(4-10(13-7)14-2)9-5-11-12-6-9/h3-6H,1-2H3,(H,11,12). The van der Waals surface area contributed by atoms with Crippen molar-refractivity contribution >= 4 is 0 Å². The van der Waals surface area contributed by atoms with Gasteiger partial charge in [-0.1, -0.05) is 0 Å². The fourth-order valence-corrected chi connectivity index (χ4v) is 1.32. The van der Waals surface area contributed by atoms with Crippen molar-refractivity contribution in [2.45, 2.75) is 6.92 Å². The highest BCUT2D eigenvalue weighted by atomic mass is 16.5. The minimum Gasteiger partial charge on any atom is -0.481 e. The van der Waals surface area contributed by atoms with Crippen molar-refractivity contribution < 1.29 is 4.74 Å². The van der Waals surface area contributed by atoms with E-state index < -0.39 is 0 Å². The number of H-pyrrole nitrogens is 1. The first kappa shape index (κ1) is 8.74. The zero-order valence-electron chi connectivity index (χ0n) is 8.11. The zero-order valence-corrected chi connectivity index (χ0v) is 8.11. The molecule has 0 atom stereocenters. The molecule has 4 nitrogen and oxygen atoms in total. The molecule has 72 valence electrons. The lowest BCUT2D eigenvalue weighted by molar-refractivity contribution is 0.397. The van der Waals surface area contributed by atoms with E-state index in [9.17, 15) is 0 Å². The molecule has 0 amide bonds. The van der Waals surface area contributed by atoms with Crippen molar-refractivity contribution in [1.82, 2.24) is 15.2 Å². The molecule has 2 rings (SSSR count). The third-order valence-corrected chi connectivity index (χ3v) is 1.97. The van der Waals surface area contributed by atoms with Gasteiger partial charge >= 0.3 is 0 Å². The summed E-state index contributed by atoms with van der Waals surface area (Å²) in [6.45, 7) is 1.94. The van der Waals surface area contributed by atoms with E-state index in [0.29, 0.717) is 5.88 Å². The molecule has 4 heteroatoms. The minimum absolute atomic E-state index is 0.626. The van der Waals surface area contributed by atoms with Crippen molar-refractivity contribution in [3.8, 4) is 17.0 Å². The third kappa shape index (κ3) is 1.59. The number of ether oxygens (including phenoxy) is 1. The number of aryl methyl sites for hydroxylation is 1. The van der Waals surface area contributed by atoms with Gasteiger partial charge < -0.3 is 4.74 Å². The molecule has 0 aliphatic heterocycles. The number of aromatic nitrogens is 3. The molecule has 2 aromatic rings. The van der Waals surface area contributed by atoms with E-state index >= 15 is 0 Å². The number of hydrogen-bond acceptors (Lipinski definition) is 3. The van der Waals surface area contributed by atoms with Crippen molar-refractivity contribution in [1.29, 1.82) is 0 Å². The van der Waals surface area contributed by atoms with Gasteiger partial charge in [-0.25, -0.2) is 4.98 Å². The first-order valence-corrected chi connectivity index (χ1v) is 4.31. The highest BCUT2D eigenvalue weighted by molar-refractivity contribution is 5.62. The van der Waals surface area contributed by atoms with Crippen LogP contribution in [0.2, 0.25) is 0 Å². The van der Waals surface area contributed by atoms with Gasteiger partial charge in [0, 0.05) is 23.5 Å². The van der Waals surface area contributed by atoms with Gasteiger partial charge in [0.15, 0.2) is 0 Å². The van der Waals surface area contributed by atoms with Crippen molar-refractivity contribution in [3.63, 3.8) is 0 Å². The van der Waals surface area contributed by atoms with E-state index in [2.05, 4.69) is 15.2 Å². The molecule has 0 saturated carbocycles. The van der Waals surface area contributed by atoms with Crippen LogP contribution in [0.25, 0.3) is 11.1 Å². The molecule has 1 N–H and O–H groups in total. The van der Waals surface area contributed by atoms with Gasteiger partial charge in [0.1, 0.15) is 0 Å². The summed E-state index contributed by atoms with van der Waals surface area (Å²) in [4.78, 5) is 4.21. The van der Waals surface area contributed by atoms with Crippen LogP contribution >= 0.6 is 0 Å². The molecule has 0 fully saturated rings. The number of nitrogens with zero attached hydrogens (tertiary/aromatic N) is 2. The molecular formula is C10H11N3O. The van der Waals surface area contributed by atoms with Gasteiger partial charge in [-0.2, -0.15) is 5.10 Å². The molecule has 0 aromatic carbocycles. The third-order valence-electron chi connectivity index (χ3n) is 1.97. The lowest BCUT2D eigenvalue weighted by Gasteiger charge is -2.03. The van der Waals surface area contributed by atoms with Crippen LogP contribution in [0.15, 0.2) is 24.5 Å². The molecule has 0 radical (unpaired) electrons. The maximum absolute atomic E-state index is 5.09. The number of aromatic amines is 1. The van der Waals surface area contributed by atoms with Gasteiger partial charge in [0.05, 0.1) is 13.3 Å². The number of methoxy groups -OCH3 is 1. The molecule has 2 heterocycles. The first-order chi connectivity index (χ1) is 6.79. The number of nitrogens with one attached hydrogen (secondary N) is 1. The summed E-state index contributed by atoms with van der Waals surface area (Å²) in [7, 11) is 1.61. The Labute approximate surface area is 81.9 Å². The van der Waals surface area contributed by atoms with Crippen LogP contribution in [0.3, 0.4) is 0 Å². The molecular weight excluding hydrogens is 178 g/mol. The summed E-state index contributed by atoms with van der Waals surface area (Å²) in [6.07, 6.45) is 3.61. The average molecular weight is 189 g/mol. The van der Waals surface area contributed by atoms with E-state index in [4.69, 9.17) is 4.74 Å². The summed E-state index contributed by atoms with van der Waals surface area (Å²) < 4.78 is 5.09. The highest BCUT2D eigenvalue weighted by Gasteiger charge is 2.03. The second kappa shape index (κ2) is 3.49. The summed E-state index contributed by atoms with van der Waals surface area (Å²) in [5.74, 6) is 0.626. The lowest BCUT2D eigenvalue weighted by atomic mass is 10.1. The Morgan fingerprint density at radius 1 is 1.29 bits per heavy atom. The fraction of sp³-hybridized carbons (Fsp3) is 0.200. The second-order valence-corrected chi connectivity index (χ2v) is 3.03. The Hall–Kier alpha value is -1.84. The van der Waals surface area contributed by atoms with Gasteiger partial charge in [0.2, 0.25) is 5.88 Å². The SMILES string of the molecule is COc1cc(-c2cn[nH]c2)cc(C)n1. The normalized spacial score (nSPS) is 10.1. The topological polar surface area (TPSA) is 50.8 Å². The Bertz CT molecular complexity index is 423. The zero-order chi connectivity index (χ0) is 9.97. The minimum atomic E-state index is 0.626. The Morgan fingerprint density at radius 3 is 2.79 bits per heavy atom. The summed E-state index contributed by atoms with van der Waals surface area (Å²) in [5.41, 5.74) is 3.03. The highest BCUT2D eigenvalue weighted by Crippen LogP contribution is 2.22. The van der Waals surface area contributed by atoms with E-state index in [1.807, 2.05) is 25.3 Å². The molecule has 0 aliphatic carbocycles. The Balaban J connectivity index is 2.48. The van der Waals surface area contributed by atoms with Gasteiger partial charge in [-0.15, -0.1) is 0 Å². The predicted molar refractivity (Wildman–Crippen MR) is 53.1 cm³/mol. The monoisotopic (exact) mass is 189 g/mol. The first-order valence-electron chi connectivity index (χ1n) is 4.31. The smallest absolute Gasteiger partial charge is 0.213 e. The van der Waals surface area contributed by atoms with Crippen LogP contribution in [0.4, 0.5) is 0 Å². The van der Waals surface area contributed by atoms with Crippen LogP contribution in [-0.4, -0.2) is 22.3 Å². The molecule has 0 aliphatic rings. The average Bonchev–Trinajstić information content (AvgIpc) is 2.69. The van der Waals surface area contributed by atoms with Crippen molar-refractivity contribution in [3.05, 3.63) is 30.2 Å². The quantitative estimate of drug-likeness (QED) is 0.783. The Kier molecular flexibility index (Phi) is 2.18. The summed E-state index contributed by atoms with van der Waals surface area (Å²) >= 11 is 0. The number of pyridine rings is 1. The van der Waals surface area contributed by atoms with E-state index in [-0.39, 0.29) is 0 Å². The summed E-state index contributed by atoms with van der Waals surface area (Å²) in [6, 6.07) is 3.88. The van der Waals surface area contributed by atoms with Crippen LogP contribution in [0, 0.1) is 6.92 Å². The number of rotatable bonds is 2. The second-order valence-electron chi connectivity index (χ2n) is 3.03. The maximum Gasteiger partial charge on any atom is 0.213 e. The van der Waals surface area contributed by atoms with E-state index in [1.165, 1.54) is 0 Å². The Morgan fingerprint density at radius 2 is 2.14 bits per heavy atom. The van der Waals surface area contributed by atoms with Crippen molar-refractivity contribution in [2.24, 2.45) is 0 Å². The molecule has 0 unspecified atom stereocenters. The maximum atomic E-state index is 5.09. The molecule has 0 spiro atoms. The van der Waals surface area contributed by atoms with Gasteiger partial charge in [-0.3, -0.25) is 5.10 Å². The fourth-order valence-electron chi connectivity index (χ4n) is 1.32. The van der Waals surface area contributed by atoms with Crippen LogP contribution in [0.1, 0.15) is 5.69 Å². The van der Waals surface area contributed by atoms with Gasteiger partial charge in [-0.05, 0) is 18.6 Å². The number of hydrogen-bond donors (Lipinski definition) is 1. The van der Waals surface area contributed by atoms with Gasteiger partial charge in [0.25, 0.3) is 0 Å².